The third-order valence-corrected chi connectivity index (χ3v) is 5.44. The SMILES string of the molecule is CNC(C)(CO)CCCCN1CC2CCCN2CC1C. The topological polar surface area (TPSA) is 38.7 Å². The molecule has 0 spiro atoms. The first kappa shape index (κ1) is 16.2. The molecule has 2 aliphatic heterocycles. The molecule has 2 saturated heterocycles. The van der Waals surface area contributed by atoms with Crippen LogP contribution in [0.15, 0.2) is 0 Å². The quantitative estimate of drug-likeness (QED) is 0.691. The molecule has 2 fully saturated rings. The van der Waals surface area contributed by atoms with E-state index in [-0.39, 0.29) is 12.1 Å². The molecule has 0 radical (unpaired) electrons. The van der Waals surface area contributed by atoms with E-state index in [1.165, 1.54) is 51.9 Å². The molecule has 0 aromatic rings. The predicted molar refractivity (Wildman–Crippen MR) is 84.0 cm³/mol. The average Bonchev–Trinajstić information content (AvgIpc) is 2.90. The van der Waals surface area contributed by atoms with Gasteiger partial charge < -0.3 is 10.4 Å². The number of nitrogens with one attached hydrogen (secondary N) is 1. The third kappa shape index (κ3) is 3.94. The summed E-state index contributed by atoms with van der Waals surface area (Å²) in [4.78, 5) is 5.37. The van der Waals surface area contributed by atoms with Gasteiger partial charge in [0, 0.05) is 30.7 Å². The van der Waals surface area contributed by atoms with Crippen molar-refractivity contribution in [2.45, 2.75) is 63.6 Å². The number of aliphatic hydroxyl groups is 1. The van der Waals surface area contributed by atoms with Crippen LogP contribution in [0.4, 0.5) is 0 Å². The highest BCUT2D eigenvalue weighted by Gasteiger charge is 2.33. The molecule has 2 heterocycles. The molecule has 0 amide bonds. The molecule has 0 saturated carbocycles. The van der Waals surface area contributed by atoms with Crippen LogP contribution >= 0.6 is 0 Å². The Morgan fingerprint density at radius 3 is 2.80 bits per heavy atom. The number of nitrogens with zero attached hydrogens (tertiary/aromatic N) is 2. The maximum Gasteiger partial charge on any atom is 0.0610 e. The van der Waals surface area contributed by atoms with E-state index in [0.29, 0.717) is 6.04 Å². The number of aliphatic hydroxyl groups excluding tert-OH is 1. The van der Waals surface area contributed by atoms with Gasteiger partial charge in [-0.2, -0.15) is 0 Å². The zero-order chi connectivity index (χ0) is 14.6. The fourth-order valence-corrected chi connectivity index (χ4v) is 3.67. The number of hydrogen-bond donors (Lipinski definition) is 2. The van der Waals surface area contributed by atoms with Crippen LogP contribution in [0, 0.1) is 0 Å². The molecular formula is C16H33N3O. The number of likely N-dealkylation sites (N-methyl/N-ethyl adjacent to an activating group) is 1. The van der Waals surface area contributed by atoms with Gasteiger partial charge >= 0.3 is 0 Å². The molecular weight excluding hydrogens is 250 g/mol. The second-order valence-corrected chi connectivity index (χ2v) is 7.06. The van der Waals surface area contributed by atoms with Gasteiger partial charge in [-0.3, -0.25) is 9.80 Å². The molecule has 118 valence electrons. The molecule has 0 bridgehead atoms. The van der Waals surface area contributed by atoms with Crippen molar-refractivity contribution in [1.29, 1.82) is 0 Å². The fourth-order valence-electron chi connectivity index (χ4n) is 3.67. The van der Waals surface area contributed by atoms with Gasteiger partial charge in [-0.1, -0.05) is 6.42 Å². The van der Waals surface area contributed by atoms with Crippen LogP contribution in [-0.2, 0) is 0 Å². The minimum absolute atomic E-state index is 0.101. The van der Waals surface area contributed by atoms with Crippen LogP contribution < -0.4 is 5.32 Å². The molecule has 4 heteroatoms. The largest absolute Gasteiger partial charge is 0.394 e. The summed E-state index contributed by atoms with van der Waals surface area (Å²) in [7, 11) is 1.94. The Bertz CT molecular complexity index is 293. The Hall–Kier alpha value is -0.160. The Kier molecular flexibility index (Phi) is 5.84. The predicted octanol–water partition coefficient (Wildman–Crippen LogP) is 1.30. The Balaban J connectivity index is 1.68. The van der Waals surface area contributed by atoms with E-state index in [1.807, 2.05) is 7.05 Å². The summed E-state index contributed by atoms with van der Waals surface area (Å²) < 4.78 is 0. The lowest BCUT2D eigenvalue weighted by Gasteiger charge is -2.42. The lowest BCUT2D eigenvalue weighted by Crippen LogP contribution is -2.55. The molecule has 0 aromatic carbocycles. The molecule has 2 N–H and O–H groups in total. The fraction of sp³-hybridized carbons (Fsp3) is 1.00. The minimum atomic E-state index is -0.101. The van der Waals surface area contributed by atoms with Crippen molar-refractivity contribution in [1.82, 2.24) is 15.1 Å². The zero-order valence-corrected chi connectivity index (χ0v) is 13.6. The molecule has 0 aromatic heterocycles. The summed E-state index contributed by atoms with van der Waals surface area (Å²) in [6, 6.07) is 1.53. The lowest BCUT2D eigenvalue weighted by molar-refractivity contribution is 0.0575. The van der Waals surface area contributed by atoms with Gasteiger partial charge in [0.25, 0.3) is 0 Å². The zero-order valence-electron chi connectivity index (χ0n) is 13.6. The van der Waals surface area contributed by atoms with E-state index < -0.39 is 0 Å². The van der Waals surface area contributed by atoms with Crippen LogP contribution in [0.25, 0.3) is 0 Å². The number of hydrogen-bond acceptors (Lipinski definition) is 4. The summed E-state index contributed by atoms with van der Waals surface area (Å²) in [5, 5.41) is 12.6. The van der Waals surface area contributed by atoms with Crippen LogP contribution in [0.2, 0.25) is 0 Å². The van der Waals surface area contributed by atoms with Crippen LogP contribution in [0.1, 0.15) is 46.0 Å². The molecule has 2 aliphatic rings. The van der Waals surface area contributed by atoms with Gasteiger partial charge in [-0.05, 0) is 59.7 Å². The number of unbranched alkanes of at least 4 members (excludes halogenated alkanes) is 1. The molecule has 3 unspecified atom stereocenters. The standard InChI is InChI=1S/C16H33N3O/c1-14-11-19-10-6-7-15(19)12-18(14)9-5-4-8-16(2,13-20)17-3/h14-15,17,20H,4-13H2,1-3H3. The molecule has 4 nitrogen and oxygen atoms in total. The number of rotatable bonds is 7. The second kappa shape index (κ2) is 7.21. The first-order valence-corrected chi connectivity index (χ1v) is 8.36. The summed E-state index contributed by atoms with van der Waals surface area (Å²) in [6.45, 7) is 9.77. The van der Waals surface area contributed by atoms with Gasteiger partial charge in [0.15, 0.2) is 0 Å². The maximum absolute atomic E-state index is 9.40. The Morgan fingerprint density at radius 1 is 1.30 bits per heavy atom. The highest BCUT2D eigenvalue weighted by atomic mass is 16.3. The van der Waals surface area contributed by atoms with E-state index in [1.54, 1.807) is 0 Å². The average molecular weight is 283 g/mol. The van der Waals surface area contributed by atoms with E-state index >= 15 is 0 Å². The molecule has 2 rings (SSSR count). The van der Waals surface area contributed by atoms with Crippen LogP contribution in [-0.4, -0.2) is 72.4 Å². The number of fused-ring (bicyclic) bond motifs is 1. The van der Waals surface area contributed by atoms with Gasteiger partial charge in [-0.15, -0.1) is 0 Å². The summed E-state index contributed by atoms with van der Waals surface area (Å²) in [5.41, 5.74) is -0.101. The van der Waals surface area contributed by atoms with Crippen LogP contribution in [0.5, 0.6) is 0 Å². The van der Waals surface area contributed by atoms with Crippen molar-refractivity contribution in [3.8, 4) is 0 Å². The van der Waals surface area contributed by atoms with E-state index in [9.17, 15) is 5.11 Å². The van der Waals surface area contributed by atoms with Crippen molar-refractivity contribution < 1.29 is 5.11 Å². The molecule has 3 atom stereocenters. The first-order valence-electron chi connectivity index (χ1n) is 8.36. The minimum Gasteiger partial charge on any atom is -0.394 e. The monoisotopic (exact) mass is 283 g/mol. The van der Waals surface area contributed by atoms with Gasteiger partial charge in [-0.25, -0.2) is 0 Å². The van der Waals surface area contributed by atoms with Crippen molar-refractivity contribution in [2.75, 3.05) is 39.8 Å². The van der Waals surface area contributed by atoms with E-state index in [0.717, 1.165) is 12.5 Å². The molecule has 20 heavy (non-hydrogen) atoms. The second-order valence-electron chi connectivity index (χ2n) is 7.06. The number of piperazine rings is 1. The smallest absolute Gasteiger partial charge is 0.0610 e. The summed E-state index contributed by atoms with van der Waals surface area (Å²) in [6.07, 6.45) is 6.27. The Labute approximate surface area is 124 Å². The highest BCUT2D eigenvalue weighted by Crippen LogP contribution is 2.25. The van der Waals surface area contributed by atoms with Crippen molar-refractivity contribution in [3.63, 3.8) is 0 Å². The van der Waals surface area contributed by atoms with E-state index in [2.05, 4.69) is 29.0 Å². The van der Waals surface area contributed by atoms with Gasteiger partial charge in [0.2, 0.25) is 0 Å². The highest BCUT2D eigenvalue weighted by molar-refractivity contribution is 4.90. The van der Waals surface area contributed by atoms with E-state index in [4.69, 9.17) is 0 Å². The normalized spacial score (nSPS) is 31.2. The van der Waals surface area contributed by atoms with Crippen molar-refractivity contribution in [2.24, 2.45) is 0 Å². The summed E-state index contributed by atoms with van der Waals surface area (Å²) >= 11 is 0. The molecule has 0 aliphatic carbocycles. The van der Waals surface area contributed by atoms with Crippen molar-refractivity contribution >= 4 is 0 Å². The third-order valence-electron chi connectivity index (χ3n) is 5.44. The van der Waals surface area contributed by atoms with Gasteiger partial charge in [0.05, 0.1) is 6.61 Å². The Morgan fingerprint density at radius 2 is 2.10 bits per heavy atom. The lowest BCUT2D eigenvalue weighted by atomic mass is 9.96. The summed E-state index contributed by atoms with van der Waals surface area (Å²) in [5.74, 6) is 0. The van der Waals surface area contributed by atoms with Crippen molar-refractivity contribution in [3.05, 3.63) is 0 Å². The van der Waals surface area contributed by atoms with Gasteiger partial charge in [0.1, 0.15) is 0 Å². The van der Waals surface area contributed by atoms with Crippen LogP contribution in [0.3, 0.4) is 0 Å². The maximum atomic E-state index is 9.40. The first-order chi connectivity index (χ1) is 9.58.